The number of aldehydes is 1. The Labute approximate surface area is 177 Å². The van der Waals surface area contributed by atoms with Crippen molar-refractivity contribution in [3.05, 3.63) is 28.8 Å². The van der Waals surface area contributed by atoms with Crippen molar-refractivity contribution in [1.82, 2.24) is 10.6 Å². The van der Waals surface area contributed by atoms with Gasteiger partial charge in [-0.2, -0.15) is 0 Å². The van der Waals surface area contributed by atoms with Crippen LogP contribution in [0.4, 0.5) is 9.59 Å². The molecule has 30 heavy (non-hydrogen) atoms. The first-order valence-corrected chi connectivity index (χ1v) is 9.77. The first kappa shape index (κ1) is 25.4. The summed E-state index contributed by atoms with van der Waals surface area (Å²) >= 11 is 0. The predicted octanol–water partition coefficient (Wildman–Crippen LogP) is 2.76. The molecule has 0 heterocycles. The van der Waals surface area contributed by atoms with Crippen LogP contribution in [-0.4, -0.2) is 63.6 Å². The number of rotatable bonds is 11. The molecule has 1 aromatic rings. The van der Waals surface area contributed by atoms with Crippen LogP contribution in [0.5, 0.6) is 5.75 Å². The van der Waals surface area contributed by atoms with Gasteiger partial charge in [-0.25, -0.2) is 9.59 Å². The first-order chi connectivity index (χ1) is 14.1. The molecule has 1 aromatic carbocycles. The van der Waals surface area contributed by atoms with E-state index in [9.17, 15) is 14.4 Å². The molecule has 2 amide bonds. The molecule has 0 aliphatic carbocycles. The molecule has 0 aliphatic heterocycles. The Morgan fingerprint density at radius 3 is 1.87 bits per heavy atom. The Balaban J connectivity index is 2.07. The van der Waals surface area contributed by atoms with Gasteiger partial charge in [-0.3, -0.25) is 4.79 Å². The van der Waals surface area contributed by atoms with Gasteiger partial charge >= 0.3 is 12.2 Å². The first-order valence-electron chi connectivity index (χ1n) is 9.77. The molecule has 0 aliphatic rings. The molecule has 9 nitrogen and oxygen atoms in total. The third kappa shape index (κ3) is 10.8. The number of benzene rings is 1. The fraction of sp³-hybridized carbons (Fsp3) is 0.571. The molecule has 0 fully saturated rings. The fourth-order valence-corrected chi connectivity index (χ4v) is 2.43. The average Bonchev–Trinajstić information content (AvgIpc) is 2.64. The molecule has 0 atom stereocenters. The summed E-state index contributed by atoms with van der Waals surface area (Å²) in [4.78, 5) is 34.2. The topological polar surface area (TPSA) is 112 Å². The Kier molecular flexibility index (Phi) is 10.8. The second kappa shape index (κ2) is 12.8. The highest BCUT2D eigenvalue weighted by atomic mass is 16.6. The number of hydrogen-bond donors (Lipinski definition) is 2. The van der Waals surface area contributed by atoms with E-state index < -0.39 is 17.8 Å². The van der Waals surface area contributed by atoms with Crippen molar-refractivity contribution in [3.63, 3.8) is 0 Å². The zero-order valence-electron chi connectivity index (χ0n) is 18.3. The maximum Gasteiger partial charge on any atom is 0.412 e. The van der Waals surface area contributed by atoms with Crippen molar-refractivity contribution in [3.8, 4) is 5.75 Å². The summed E-state index contributed by atoms with van der Waals surface area (Å²) in [5.74, 6) is 0.437. The molecule has 0 saturated carbocycles. The van der Waals surface area contributed by atoms with Gasteiger partial charge in [0.25, 0.3) is 0 Å². The zero-order valence-corrected chi connectivity index (χ0v) is 18.3. The summed E-state index contributed by atoms with van der Waals surface area (Å²) in [6.45, 7) is 10.9. The average molecular weight is 424 g/mol. The number of carbonyl (C=O) groups is 3. The molecule has 0 spiro atoms. The van der Waals surface area contributed by atoms with Gasteiger partial charge in [0, 0.05) is 18.7 Å². The normalized spacial score (nSPS) is 11.0. The van der Waals surface area contributed by atoms with Gasteiger partial charge in [0.05, 0.1) is 26.4 Å². The van der Waals surface area contributed by atoms with Crippen LogP contribution in [0.15, 0.2) is 12.1 Å². The summed E-state index contributed by atoms with van der Waals surface area (Å²) in [6.07, 6.45) is -0.318. The van der Waals surface area contributed by atoms with Crippen LogP contribution in [0.2, 0.25) is 0 Å². The highest BCUT2D eigenvalue weighted by Crippen LogP contribution is 2.24. The van der Waals surface area contributed by atoms with Crippen LogP contribution in [0.3, 0.4) is 0 Å². The number of carbonyl (C=O) groups excluding carboxylic acids is 3. The maximum atomic E-state index is 11.9. The maximum absolute atomic E-state index is 11.9. The van der Waals surface area contributed by atoms with E-state index in [2.05, 4.69) is 10.6 Å². The van der Waals surface area contributed by atoms with Gasteiger partial charge in [0.15, 0.2) is 0 Å². The van der Waals surface area contributed by atoms with E-state index in [1.807, 2.05) is 0 Å². The van der Waals surface area contributed by atoms with Gasteiger partial charge in [-0.05, 0) is 57.9 Å². The molecule has 2 N–H and O–H groups in total. The Morgan fingerprint density at radius 2 is 1.40 bits per heavy atom. The Bertz CT molecular complexity index is 691. The lowest BCUT2D eigenvalue weighted by Crippen LogP contribution is -2.34. The summed E-state index contributed by atoms with van der Waals surface area (Å²) in [7, 11) is 0. The SMILES string of the molecule is Cc1cc(C=O)cc(C)c1OC(=O)NCCOCCOCCNC(=O)OC(C)(C)C. The van der Waals surface area contributed by atoms with Gasteiger partial charge in [-0.15, -0.1) is 0 Å². The molecule has 9 heteroatoms. The molecular formula is C21H32N2O7. The van der Waals surface area contributed by atoms with Crippen LogP contribution >= 0.6 is 0 Å². The van der Waals surface area contributed by atoms with Crippen LogP contribution < -0.4 is 15.4 Å². The highest BCUT2D eigenvalue weighted by molar-refractivity contribution is 5.77. The molecule has 0 bridgehead atoms. The van der Waals surface area contributed by atoms with Crippen molar-refractivity contribution >= 4 is 18.5 Å². The number of amides is 2. The summed E-state index contributed by atoms with van der Waals surface area (Å²) in [5.41, 5.74) is 1.43. The minimum Gasteiger partial charge on any atom is -0.444 e. The van der Waals surface area contributed by atoms with Gasteiger partial charge in [0.2, 0.25) is 0 Å². The van der Waals surface area contributed by atoms with E-state index in [0.717, 1.165) is 6.29 Å². The Morgan fingerprint density at radius 1 is 0.900 bits per heavy atom. The van der Waals surface area contributed by atoms with E-state index in [1.54, 1.807) is 46.8 Å². The molecular weight excluding hydrogens is 392 g/mol. The Hall–Kier alpha value is -2.65. The largest absolute Gasteiger partial charge is 0.444 e. The molecule has 0 aromatic heterocycles. The molecule has 1 rings (SSSR count). The molecule has 168 valence electrons. The van der Waals surface area contributed by atoms with Gasteiger partial charge in [-0.1, -0.05) is 0 Å². The monoisotopic (exact) mass is 424 g/mol. The minimum absolute atomic E-state index is 0.281. The lowest BCUT2D eigenvalue weighted by molar-refractivity contribution is 0.0403. The van der Waals surface area contributed by atoms with E-state index in [4.69, 9.17) is 18.9 Å². The van der Waals surface area contributed by atoms with Crippen LogP contribution in [-0.2, 0) is 14.2 Å². The third-order valence-corrected chi connectivity index (χ3v) is 3.62. The molecule has 0 saturated heterocycles. The lowest BCUT2D eigenvalue weighted by atomic mass is 10.1. The van der Waals surface area contributed by atoms with Crippen molar-refractivity contribution < 1.29 is 33.3 Å². The second-order valence-corrected chi connectivity index (χ2v) is 7.57. The number of aryl methyl sites for hydroxylation is 2. The number of nitrogens with one attached hydrogen (secondary N) is 2. The van der Waals surface area contributed by atoms with E-state index >= 15 is 0 Å². The molecule has 0 unspecified atom stereocenters. The van der Waals surface area contributed by atoms with Crippen LogP contribution in [0.25, 0.3) is 0 Å². The number of hydrogen-bond acceptors (Lipinski definition) is 7. The summed E-state index contributed by atoms with van der Waals surface area (Å²) < 4.78 is 21.1. The summed E-state index contributed by atoms with van der Waals surface area (Å²) in [5, 5.41) is 5.19. The smallest absolute Gasteiger partial charge is 0.412 e. The second-order valence-electron chi connectivity index (χ2n) is 7.57. The quantitative estimate of drug-likeness (QED) is 0.415. The van der Waals surface area contributed by atoms with Crippen LogP contribution in [0, 0.1) is 13.8 Å². The van der Waals surface area contributed by atoms with Gasteiger partial charge < -0.3 is 29.6 Å². The minimum atomic E-state index is -0.590. The highest BCUT2D eigenvalue weighted by Gasteiger charge is 2.15. The molecule has 0 radical (unpaired) electrons. The van der Waals surface area contributed by atoms with Crippen molar-refractivity contribution in [2.24, 2.45) is 0 Å². The van der Waals surface area contributed by atoms with Crippen molar-refractivity contribution in [2.45, 2.75) is 40.2 Å². The zero-order chi connectivity index (χ0) is 22.6. The van der Waals surface area contributed by atoms with Crippen molar-refractivity contribution in [1.29, 1.82) is 0 Å². The van der Waals surface area contributed by atoms with E-state index in [0.29, 0.717) is 55.4 Å². The third-order valence-electron chi connectivity index (χ3n) is 3.62. The lowest BCUT2D eigenvalue weighted by Gasteiger charge is -2.19. The van der Waals surface area contributed by atoms with Crippen molar-refractivity contribution in [2.75, 3.05) is 39.5 Å². The predicted molar refractivity (Wildman–Crippen MR) is 111 cm³/mol. The summed E-state index contributed by atoms with van der Waals surface area (Å²) in [6, 6.07) is 3.32. The van der Waals surface area contributed by atoms with Gasteiger partial charge in [0.1, 0.15) is 17.6 Å². The van der Waals surface area contributed by atoms with E-state index in [1.165, 1.54) is 0 Å². The van der Waals surface area contributed by atoms with Crippen LogP contribution in [0.1, 0.15) is 42.3 Å². The fourth-order valence-electron chi connectivity index (χ4n) is 2.43. The number of ether oxygens (including phenoxy) is 4. The van der Waals surface area contributed by atoms with E-state index in [-0.39, 0.29) is 6.54 Å². The number of alkyl carbamates (subject to hydrolysis) is 1. The standard InChI is InChI=1S/C21H32N2O7/c1-15-12-17(14-24)13-16(2)18(15)29-19(25)22-6-8-27-10-11-28-9-7-23-20(26)30-21(3,4)5/h12-14H,6-11H2,1-5H3,(H,22,25)(H,23,26).